The molecule has 1 N–H and O–H groups in total. The highest BCUT2D eigenvalue weighted by Crippen LogP contribution is 2.59. The number of benzene rings is 2. The third-order valence-electron chi connectivity index (χ3n) is 8.40. The Hall–Kier alpha value is -2.68. The molecule has 0 saturated carbocycles. The van der Waals surface area contributed by atoms with E-state index in [1.54, 1.807) is 7.11 Å². The molecule has 2 heterocycles. The molecule has 1 amide bonds. The molecule has 0 aromatic heterocycles. The lowest BCUT2D eigenvalue weighted by Gasteiger charge is -2.37. The molecule has 4 rings (SSSR count). The van der Waals surface area contributed by atoms with Crippen LogP contribution in [0.4, 0.5) is 5.69 Å². The van der Waals surface area contributed by atoms with Crippen molar-refractivity contribution in [3.05, 3.63) is 54.1 Å². The van der Waals surface area contributed by atoms with E-state index in [0.29, 0.717) is 32.2 Å². The number of aliphatic hydroxyl groups excluding tert-OH is 1. The number of unbranched alkanes of at least 4 members (excludes halogenated alkanes) is 1. The van der Waals surface area contributed by atoms with E-state index in [0.717, 1.165) is 17.0 Å². The van der Waals surface area contributed by atoms with Crippen LogP contribution in [0.2, 0.25) is 18.6 Å². The van der Waals surface area contributed by atoms with Crippen LogP contribution in [0.3, 0.4) is 0 Å². The number of para-hydroxylation sites is 1. The number of nitrogens with zero attached hydrogens (tertiary/aromatic N) is 1. The third-order valence-corrected chi connectivity index (χ3v) is 12.8. The van der Waals surface area contributed by atoms with Gasteiger partial charge >= 0.3 is 5.97 Å². The zero-order chi connectivity index (χ0) is 26.8. The van der Waals surface area contributed by atoms with Gasteiger partial charge in [0.1, 0.15) is 5.75 Å². The molecule has 2 aromatic carbocycles. The van der Waals surface area contributed by atoms with Crippen LogP contribution in [-0.2, 0) is 24.7 Å². The Kier molecular flexibility index (Phi) is 8.11. The minimum Gasteiger partial charge on any atom is -0.497 e. The molecule has 37 heavy (non-hydrogen) atoms. The molecule has 8 heteroatoms. The monoisotopic (exact) mass is 525 g/mol. The predicted molar refractivity (Wildman–Crippen MR) is 146 cm³/mol. The Balaban J connectivity index is 1.69. The van der Waals surface area contributed by atoms with Crippen molar-refractivity contribution < 1.29 is 28.9 Å². The minimum atomic E-state index is -2.17. The van der Waals surface area contributed by atoms with E-state index in [9.17, 15) is 14.7 Å². The number of aliphatic hydroxyl groups is 1. The van der Waals surface area contributed by atoms with E-state index in [2.05, 4.69) is 32.2 Å². The number of ether oxygens (including phenoxy) is 3. The van der Waals surface area contributed by atoms with Crippen molar-refractivity contribution in [2.24, 2.45) is 5.92 Å². The summed E-state index contributed by atoms with van der Waals surface area (Å²) in [5.74, 6) is 0.457. The summed E-state index contributed by atoms with van der Waals surface area (Å²) < 4.78 is 17.0. The first-order chi connectivity index (χ1) is 17.7. The lowest BCUT2D eigenvalue weighted by atomic mass is 9.82. The number of rotatable bonds is 10. The van der Waals surface area contributed by atoms with Crippen LogP contribution >= 0.6 is 0 Å². The average molecular weight is 526 g/mol. The standard InChI is InChI=1S/C29H39NO6Si/c1-20-27(37(4,5)22-15-13-21(34-2)14-16-22)25(17-19-31)36-29(20)23-10-6-7-11-24(23)30(28(29)33)18-9-8-12-26(32)35-3/h6-7,10-11,13-16,20,25,27,31H,8-9,12,17-19H2,1-5H3/t20-,25+,27-,29+/m0/s1. The second-order valence-corrected chi connectivity index (χ2v) is 15.4. The fourth-order valence-electron chi connectivity index (χ4n) is 6.53. The average Bonchev–Trinajstić information content (AvgIpc) is 3.33. The molecule has 2 aliphatic heterocycles. The number of hydrogen-bond donors (Lipinski definition) is 1. The van der Waals surface area contributed by atoms with Crippen molar-refractivity contribution in [3.8, 4) is 5.75 Å². The highest BCUT2D eigenvalue weighted by Gasteiger charge is 2.65. The lowest BCUT2D eigenvalue weighted by molar-refractivity contribution is -0.146. The molecule has 1 saturated heterocycles. The first kappa shape index (κ1) is 27.4. The SMILES string of the molecule is COC(=O)CCCCN1C(=O)[C@]2(O[C@H](CCO)[C@@H]([Si](C)(C)c3ccc(OC)cc3)[C@@H]2C)c2ccccc21. The Morgan fingerprint density at radius 3 is 2.46 bits per heavy atom. The van der Waals surface area contributed by atoms with Gasteiger partial charge in [0.2, 0.25) is 0 Å². The van der Waals surface area contributed by atoms with Crippen LogP contribution in [0.1, 0.15) is 38.2 Å². The first-order valence-corrected chi connectivity index (χ1v) is 16.2. The second-order valence-electron chi connectivity index (χ2n) is 10.7. The van der Waals surface area contributed by atoms with Gasteiger partial charge in [-0.05, 0) is 43.0 Å². The fourth-order valence-corrected chi connectivity index (χ4v) is 10.6. The molecule has 2 aliphatic rings. The van der Waals surface area contributed by atoms with Crippen molar-refractivity contribution in [2.45, 2.75) is 62.9 Å². The number of esters is 1. The molecule has 0 unspecified atom stereocenters. The van der Waals surface area contributed by atoms with Crippen molar-refractivity contribution in [1.29, 1.82) is 0 Å². The lowest BCUT2D eigenvalue weighted by Crippen LogP contribution is -2.52. The predicted octanol–water partition coefficient (Wildman–Crippen LogP) is 3.98. The van der Waals surface area contributed by atoms with Crippen LogP contribution in [0.15, 0.2) is 48.5 Å². The number of fused-ring (bicyclic) bond motifs is 2. The Bertz CT molecular complexity index is 1120. The topological polar surface area (TPSA) is 85.3 Å². The van der Waals surface area contributed by atoms with Crippen LogP contribution in [0, 0.1) is 5.92 Å². The maximum atomic E-state index is 14.3. The van der Waals surface area contributed by atoms with Crippen molar-refractivity contribution in [1.82, 2.24) is 0 Å². The summed E-state index contributed by atoms with van der Waals surface area (Å²) in [6, 6.07) is 16.2. The molecular formula is C29H39NO6Si. The van der Waals surface area contributed by atoms with Gasteiger partial charge in [0.15, 0.2) is 5.60 Å². The molecule has 0 aliphatic carbocycles. The molecule has 0 radical (unpaired) electrons. The van der Waals surface area contributed by atoms with E-state index < -0.39 is 13.7 Å². The van der Waals surface area contributed by atoms with Gasteiger partial charge in [0.05, 0.1) is 34.1 Å². The summed E-state index contributed by atoms with van der Waals surface area (Å²) in [4.78, 5) is 27.7. The number of carbonyl (C=O) groups is 2. The van der Waals surface area contributed by atoms with Gasteiger partial charge in [-0.25, -0.2) is 0 Å². The smallest absolute Gasteiger partial charge is 0.305 e. The maximum Gasteiger partial charge on any atom is 0.305 e. The molecule has 1 fully saturated rings. The number of amides is 1. The third kappa shape index (κ3) is 4.71. The Morgan fingerprint density at radius 1 is 1.11 bits per heavy atom. The molecule has 7 nitrogen and oxygen atoms in total. The summed E-state index contributed by atoms with van der Waals surface area (Å²) in [5, 5.41) is 11.2. The number of methoxy groups -OCH3 is 2. The van der Waals surface area contributed by atoms with Crippen molar-refractivity contribution in [3.63, 3.8) is 0 Å². The van der Waals surface area contributed by atoms with Crippen LogP contribution in [-0.4, -0.2) is 58.5 Å². The normalized spacial score (nSPS) is 25.0. The summed E-state index contributed by atoms with van der Waals surface area (Å²) >= 11 is 0. The fraction of sp³-hybridized carbons (Fsp3) is 0.517. The highest BCUT2D eigenvalue weighted by molar-refractivity contribution is 6.91. The van der Waals surface area contributed by atoms with Crippen LogP contribution in [0.5, 0.6) is 5.75 Å². The number of carbonyl (C=O) groups excluding carboxylic acids is 2. The molecule has 200 valence electrons. The largest absolute Gasteiger partial charge is 0.497 e. The van der Waals surface area contributed by atoms with Gasteiger partial charge in [-0.1, -0.05) is 55.5 Å². The van der Waals surface area contributed by atoms with Gasteiger partial charge in [-0.3, -0.25) is 9.59 Å². The van der Waals surface area contributed by atoms with Gasteiger partial charge in [-0.2, -0.15) is 0 Å². The summed E-state index contributed by atoms with van der Waals surface area (Å²) in [6.07, 6.45) is 1.92. The van der Waals surface area contributed by atoms with Gasteiger partial charge < -0.3 is 24.2 Å². The number of anilines is 1. The molecular weight excluding hydrogens is 486 g/mol. The van der Waals surface area contributed by atoms with Crippen LogP contribution in [0.25, 0.3) is 0 Å². The van der Waals surface area contributed by atoms with Crippen molar-refractivity contribution in [2.75, 3.05) is 32.3 Å². The zero-order valence-electron chi connectivity index (χ0n) is 22.5. The Morgan fingerprint density at radius 2 is 1.81 bits per heavy atom. The van der Waals surface area contributed by atoms with Gasteiger partial charge in [-0.15, -0.1) is 0 Å². The van der Waals surface area contributed by atoms with E-state index in [1.807, 2.05) is 41.3 Å². The number of hydrogen-bond acceptors (Lipinski definition) is 6. The Labute approximate surface area is 220 Å². The molecule has 2 aromatic rings. The molecule has 0 bridgehead atoms. The molecule has 4 atom stereocenters. The first-order valence-electron chi connectivity index (χ1n) is 13.1. The van der Waals surface area contributed by atoms with Gasteiger partial charge in [0.25, 0.3) is 5.91 Å². The van der Waals surface area contributed by atoms with E-state index >= 15 is 0 Å². The second kappa shape index (κ2) is 11.0. The quantitative estimate of drug-likeness (QED) is 0.287. The van der Waals surface area contributed by atoms with Crippen LogP contribution < -0.4 is 14.8 Å². The maximum absolute atomic E-state index is 14.3. The summed E-state index contributed by atoms with van der Waals surface area (Å²) in [6.45, 7) is 7.33. The zero-order valence-corrected chi connectivity index (χ0v) is 23.5. The molecule has 1 spiro atoms. The minimum absolute atomic E-state index is 0.00411. The van der Waals surface area contributed by atoms with E-state index in [-0.39, 0.29) is 36.0 Å². The van der Waals surface area contributed by atoms with E-state index in [4.69, 9.17) is 14.2 Å². The highest BCUT2D eigenvalue weighted by atomic mass is 28.3. The van der Waals surface area contributed by atoms with Gasteiger partial charge in [0, 0.05) is 31.1 Å². The van der Waals surface area contributed by atoms with Crippen molar-refractivity contribution >= 4 is 30.8 Å². The van der Waals surface area contributed by atoms with E-state index in [1.165, 1.54) is 12.3 Å². The summed E-state index contributed by atoms with van der Waals surface area (Å²) in [7, 11) is 0.879. The summed E-state index contributed by atoms with van der Waals surface area (Å²) in [5.41, 5.74) is 0.819.